The van der Waals surface area contributed by atoms with Crippen LogP contribution in [-0.2, 0) is 16.2 Å². The van der Waals surface area contributed by atoms with E-state index in [1.807, 2.05) is 7.05 Å². The Kier molecular flexibility index (Phi) is 8.72. The molecule has 3 N–H and O–H groups in total. The highest BCUT2D eigenvalue weighted by atomic mass is 35.5. The van der Waals surface area contributed by atoms with E-state index in [1.165, 1.54) is 45.0 Å². The van der Waals surface area contributed by atoms with Gasteiger partial charge in [-0.2, -0.15) is 18.2 Å². The Balaban J connectivity index is 1.60. The van der Waals surface area contributed by atoms with Gasteiger partial charge in [0, 0.05) is 17.6 Å². The number of nitrogens with zero attached hydrogens (tertiary/aromatic N) is 3. The first kappa shape index (κ1) is 30.8. The molecule has 3 aromatic rings. The van der Waals surface area contributed by atoms with Crippen molar-refractivity contribution in [3.05, 3.63) is 64.6 Å². The summed E-state index contributed by atoms with van der Waals surface area (Å²) in [7, 11) is -1.84. The summed E-state index contributed by atoms with van der Waals surface area (Å²) in [5.74, 6) is -1.11. The van der Waals surface area contributed by atoms with Gasteiger partial charge >= 0.3 is 6.18 Å². The second-order valence-electron chi connectivity index (χ2n) is 10.9. The SMILES string of the molecule is CN1CCC(c2ccc(Nc3ncc(C(F)(F)F)c(Nc4ccc(Cl)c(NS(=O)(=O)C(C)(C)C)c4)n3)cc2F)CC1. The zero-order valence-corrected chi connectivity index (χ0v) is 24.5. The molecule has 1 aliphatic rings. The monoisotopic (exact) mass is 614 g/mol. The molecule has 8 nitrogen and oxygen atoms in total. The van der Waals surface area contributed by atoms with Crippen molar-refractivity contribution in [1.82, 2.24) is 14.9 Å². The van der Waals surface area contributed by atoms with E-state index in [9.17, 15) is 26.0 Å². The van der Waals surface area contributed by atoms with Gasteiger partial charge in [0.05, 0.1) is 15.5 Å². The van der Waals surface area contributed by atoms with Crippen LogP contribution < -0.4 is 15.4 Å². The summed E-state index contributed by atoms with van der Waals surface area (Å²) in [5.41, 5.74) is -0.216. The Hall–Kier alpha value is -3.16. The summed E-state index contributed by atoms with van der Waals surface area (Å²) >= 11 is 6.15. The van der Waals surface area contributed by atoms with Gasteiger partial charge in [0.25, 0.3) is 0 Å². The van der Waals surface area contributed by atoms with E-state index in [0.29, 0.717) is 11.8 Å². The molecule has 1 aliphatic heterocycles. The van der Waals surface area contributed by atoms with Gasteiger partial charge in [-0.05, 0) is 95.6 Å². The molecule has 0 amide bonds. The summed E-state index contributed by atoms with van der Waals surface area (Å²) in [6.07, 6.45) is -2.52. The molecule has 1 aromatic heterocycles. The first-order chi connectivity index (χ1) is 19.0. The summed E-state index contributed by atoms with van der Waals surface area (Å²) in [4.78, 5) is 9.96. The number of likely N-dealkylation sites (tertiary alicyclic amines) is 1. The van der Waals surface area contributed by atoms with Crippen molar-refractivity contribution < 1.29 is 26.0 Å². The van der Waals surface area contributed by atoms with Crippen molar-refractivity contribution in [1.29, 1.82) is 0 Å². The molecule has 0 spiro atoms. The maximum absolute atomic E-state index is 15.0. The Morgan fingerprint density at radius 2 is 1.63 bits per heavy atom. The van der Waals surface area contributed by atoms with Gasteiger partial charge in [-0.15, -0.1) is 0 Å². The van der Waals surface area contributed by atoms with Crippen LogP contribution >= 0.6 is 11.6 Å². The van der Waals surface area contributed by atoms with Crippen LogP contribution in [0.4, 0.5) is 46.4 Å². The van der Waals surface area contributed by atoms with E-state index >= 15 is 0 Å². The van der Waals surface area contributed by atoms with E-state index < -0.39 is 38.1 Å². The number of benzene rings is 2. The lowest BCUT2D eigenvalue weighted by Gasteiger charge is -2.29. The predicted molar refractivity (Wildman–Crippen MR) is 153 cm³/mol. The predicted octanol–water partition coefficient (Wildman–Crippen LogP) is 7.12. The molecule has 41 heavy (non-hydrogen) atoms. The normalized spacial score (nSPS) is 15.5. The lowest BCUT2D eigenvalue weighted by Crippen LogP contribution is -2.33. The van der Waals surface area contributed by atoms with Gasteiger partial charge in [-0.25, -0.2) is 17.8 Å². The number of rotatable bonds is 7. The highest BCUT2D eigenvalue weighted by molar-refractivity contribution is 7.94. The fourth-order valence-corrected chi connectivity index (χ4v) is 5.23. The third kappa shape index (κ3) is 7.38. The molecule has 0 saturated carbocycles. The van der Waals surface area contributed by atoms with Crippen molar-refractivity contribution in [2.45, 2.75) is 50.5 Å². The van der Waals surface area contributed by atoms with Crippen molar-refractivity contribution in [2.75, 3.05) is 35.5 Å². The zero-order valence-electron chi connectivity index (χ0n) is 22.9. The molecular weight excluding hydrogens is 584 g/mol. The van der Waals surface area contributed by atoms with Gasteiger partial charge < -0.3 is 15.5 Å². The fraction of sp³-hybridized carbons (Fsp3) is 0.407. The van der Waals surface area contributed by atoms with E-state index in [2.05, 4.69) is 30.2 Å². The van der Waals surface area contributed by atoms with Gasteiger partial charge in [0.1, 0.15) is 17.2 Å². The average molecular weight is 615 g/mol. The van der Waals surface area contributed by atoms with Crippen LogP contribution in [0.3, 0.4) is 0 Å². The Morgan fingerprint density at radius 1 is 1.00 bits per heavy atom. The molecule has 0 bridgehead atoms. The van der Waals surface area contributed by atoms with Crippen LogP contribution in [0.2, 0.25) is 5.02 Å². The van der Waals surface area contributed by atoms with Crippen LogP contribution in [0.5, 0.6) is 0 Å². The molecule has 0 radical (unpaired) electrons. The number of piperidine rings is 1. The second kappa shape index (κ2) is 11.6. The second-order valence-corrected chi connectivity index (χ2v) is 13.8. The lowest BCUT2D eigenvalue weighted by atomic mass is 9.89. The number of anilines is 5. The van der Waals surface area contributed by atoms with Crippen LogP contribution in [0.25, 0.3) is 0 Å². The first-order valence-corrected chi connectivity index (χ1v) is 14.7. The largest absolute Gasteiger partial charge is 0.421 e. The molecule has 1 fully saturated rings. The van der Waals surface area contributed by atoms with Crippen LogP contribution in [0.15, 0.2) is 42.6 Å². The van der Waals surface area contributed by atoms with E-state index in [4.69, 9.17) is 11.6 Å². The molecular formula is C27H31ClF4N6O2S. The topological polar surface area (TPSA) is 99.2 Å². The third-order valence-corrected chi connectivity index (χ3v) is 9.22. The van der Waals surface area contributed by atoms with Gasteiger partial charge in [-0.3, -0.25) is 4.72 Å². The highest BCUT2D eigenvalue weighted by Crippen LogP contribution is 2.37. The van der Waals surface area contributed by atoms with E-state index in [1.54, 1.807) is 12.1 Å². The minimum atomic E-state index is -4.80. The van der Waals surface area contributed by atoms with Crippen LogP contribution in [0, 0.1) is 5.82 Å². The molecule has 14 heteroatoms. The minimum absolute atomic E-state index is 0.0206. The van der Waals surface area contributed by atoms with Crippen molar-refractivity contribution in [2.24, 2.45) is 0 Å². The number of sulfonamides is 1. The standard InChI is InChI=1S/C27H31ClF4N6O2S/c1-26(2,3)41(39,40)37-23-14-18(6-8-21(23)28)34-24-20(27(30,31)32)15-33-25(36-24)35-17-5-7-19(22(29)13-17)16-9-11-38(4)12-10-16/h5-8,13-16,37H,9-12H2,1-4H3,(H2,33,34,35,36). The molecule has 2 heterocycles. The quantitative estimate of drug-likeness (QED) is 0.244. The van der Waals surface area contributed by atoms with Gasteiger partial charge in [-0.1, -0.05) is 17.7 Å². The maximum Gasteiger partial charge on any atom is 0.421 e. The summed E-state index contributed by atoms with van der Waals surface area (Å²) in [5, 5.41) is 5.40. The molecule has 4 rings (SSSR count). The van der Waals surface area contributed by atoms with Crippen molar-refractivity contribution >= 4 is 50.5 Å². The van der Waals surface area contributed by atoms with E-state index in [-0.39, 0.29) is 34.0 Å². The summed E-state index contributed by atoms with van der Waals surface area (Å²) in [6, 6.07) is 8.56. The summed E-state index contributed by atoms with van der Waals surface area (Å²) in [6.45, 7) is 6.22. The molecule has 222 valence electrons. The number of halogens is 5. The van der Waals surface area contributed by atoms with Crippen molar-refractivity contribution in [3.63, 3.8) is 0 Å². The number of hydrogen-bond acceptors (Lipinski definition) is 7. The van der Waals surface area contributed by atoms with Gasteiger partial charge in [0.2, 0.25) is 16.0 Å². The van der Waals surface area contributed by atoms with E-state index in [0.717, 1.165) is 25.9 Å². The maximum atomic E-state index is 15.0. The smallest absolute Gasteiger partial charge is 0.339 e. The third-order valence-electron chi connectivity index (χ3n) is 6.79. The number of aromatic nitrogens is 2. The number of alkyl halides is 3. The average Bonchev–Trinajstić information content (AvgIpc) is 2.85. The molecule has 0 unspecified atom stereocenters. The zero-order chi connectivity index (χ0) is 30.2. The number of nitrogens with one attached hydrogen (secondary N) is 3. The molecule has 0 atom stereocenters. The summed E-state index contributed by atoms with van der Waals surface area (Å²) < 4.78 is 82.8. The lowest BCUT2D eigenvalue weighted by molar-refractivity contribution is -0.137. The van der Waals surface area contributed by atoms with Crippen LogP contribution in [0.1, 0.15) is 50.7 Å². The van der Waals surface area contributed by atoms with Crippen LogP contribution in [-0.4, -0.2) is 48.2 Å². The number of hydrogen-bond donors (Lipinski definition) is 3. The highest BCUT2D eigenvalue weighted by Gasteiger charge is 2.36. The first-order valence-electron chi connectivity index (χ1n) is 12.8. The Bertz CT molecular complexity index is 1520. The minimum Gasteiger partial charge on any atom is -0.339 e. The molecule has 2 aromatic carbocycles. The molecule has 0 aliphatic carbocycles. The fourth-order valence-electron chi connectivity index (χ4n) is 4.25. The van der Waals surface area contributed by atoms with Crippen molar-refractivity contribution in [3.8, 4) is 0 Å². The Morgan fingerprint density at radius 3 is 2.24 bits per heavy atom. The van der Waals surface area contributed by atoms with Gasteiger partial charge in [0.15, 0.2) is 0 Å². The molecule has 1 saturated heterocycles. The Labute approximate surface area is 241 Å².